The maximum absolute atomic E-state index is 11.0. The Morgan fingerprint density at radius 2 is 1.43 bits per heavy atom. The highest BCUT2D eigenvalue weighted by Crippen LogP contribution is 1.98. The largest absolute Gasteiger partial charge is 0.465 e. The lowest BCUT2D eigenvalue weighted by molar-refractivity contribution is -0.151. The van der Waals surface area contributed by atoms with E-state index >= 15 is 0 Å². The van der Waals surface area contributed by atoms with Crippen LogP contribution in [0, 0.1) is 0 Å². The Morgan fingerprint density at radius 1 is 1.04 bits per heavy atom. The lowest BCUT2D eigenvalue weighted by atomic mass is 10.2. The molecule has 23 heavy (non-hydrogen) atoms. The maximum Gasteiger partial charge on any atom is 0.326 e. The van der Waals surface area contributed by atoms with Crippen molar-refractivity contribution in [2.45, 2.75) is 51.2 Å². The summed E-state index contributed by atoms with van der Waals surface area (Å²) in [6, 6.07) is -2.06. The number of rotatable bonds is 8. The minimum Gasteiger partial charge on any atom is -0.465 e. The van der Waals surface area contributed by atoms with Crippen LogP contribution in [-0.4, -0.2) is 59.2 Å². The molecule has 134 valence electrons. The van der Waals surface area contributed by atoms with Gasteiger partial charge in [0.2, 0.25) is 0 Å². The number of hydrogen-bond donors (Lipinski definition) is 4. The maximum atomic E-state index is 11.0. The second-order valence-electron chi connectivity index (χ2n) is 4.74. The Balaban J connectivity index is 0. The zero-order valence-electron chi connectivity index (χ0n) is 13.8. The van der Waals surface area contributed by atoms with Crippen LogP contribution in [0.5, 0.6) is 0 Å². The highest BCUT2D eigenvalue weighted by molar-refractivity contribution is 5.77. The fraction of sp³-hybridized carbons (Fsp3) is 0.600. The minimum atomic E-state index is -1.05. The third-order valence-electron chi connectivity index (χ3n) is 2.40. The summed E-state index contributed by atoms with van der Waals surface area (Å²) in [4.78, 5) is 21.8. The SMILES string of the molecule is C=C[C@@H](O)[C@@H](N)C(=O)OC(C)C.C=C[C@@H](O)[C@@H](N)C(=O)OCC. The molecule has 0 unspecified atom stereocenters. The number of ether oxygens (including phenoxy) is 2. The minimum absolute atomic E-state index is 0.222. The van der Waals surface area contributed by atoms with Crippen molar-refractivity contribution in [2.75, 3.05) is 6.61 Å². The molecule has 0 aliphatic rings. The third kappa shape index (κ3) is 10.6. The first-order valence-corrected chi connectivity index (χ1v) is 7.11. The van der Waals surface area contributed by atoms with Crippen molar-refractivity contribution in [1.29, 1.82) is 0 Å². The molecule has 8 heteroatoms. The van der Waals surface area contributed by atoms with Gasteiger partial charge in [-0.1, -0.05) is 12.2 Å². The Bertz CT molecular complexity index is 386. The summed E-state index contributed by atoms with van der Waals surface area (Å²) in [5.74, 6) is -1.22. The summed E-state index contributed by atoms with van der Waals surface area (Å²) in [6.45, 7) is 12.0. The average Bonchev–Trinajstić information content (AvgIpc) is 2.51. The predicted octanol–water partition coefficient (Wildman–Crippen LogP) is -0.764. The average molecular weight is 332 g/mol. The van der Waals surface area contributed by atoms with Crippen LogP contribution >= 0.6 is 0 Å². The molecular formula is C15H28N2O6. The van der Waals surface area contributed by atoms with Gasteiger partial charge in [0.1, 0.15) is 12.1 Å². The number of hydrogen-bond acceptors (Lipinski definition) is 8. The first kappa shape index (κ1) is 23.5. The highest BCUT2D eigenvalue weighted by atomic mass is 16.5. The van der Waals surface area contributed by atoms with Crippen molar-refractivity contribution in [3.63, 3.8) is 0 Å². The molecule has 0 amide bonds. The van der Waals surface area contributed by atoms with Crippen LogP contribution in [0.25, 0.3) is 0 Å². The van der Waals surface area contributed by atoms with Crippen LogP contribution in [-0.2, 0) is 19.1 Å². The van der Waals surface area contributed by atoms with Crippen LogP contribution in [0.4, 0.5) is 0 Å². The highest BCUT2D eigenvalue weighted by Gasteiger charge is 2.22. The molecule has 0 aliphatic carbocycles. The number of aliphatic hydroxyl groups excluding tert-OH is 2. The smallest absolute Gasteiger partial charge is 0.326 e. The van der Waals surface area contributed by atoms with Crippen LogP contribution in [0.1, 0.15) is 20.8 Å². The molecule has 8 nitrogen and oxygen atoms in total. The summed E-state index contributed by atoms with van der Waals surface area (Å²) in [5.41, 5.74) is 10.6. The molecule has 0 saturated heterocycles. The predicted molar refractivity (Wildman–Crippen MR) is 86.2 cm³/mol. The van der Waals surface area contributed by atoms with E-state index in [1.54, 1.807) is 20.8 Å². The van der Waals surface area contributed by atoms with E-state index in [1.807, 2.05) is 0 Å². The van der Waals surface area contributed by atoms with Crippen molar-refractivity contribution in [3.8, 4) is 0 Å². The van der Waals surface area contributed by atoms with Gasteiger partial charge in [-0.3, -0.25) is 9.59 Å². The number of carbonyl (C=O) groups excluding carboxylic acids is 2. The van der Waals surface area contributed by atoms with Gasteiger partial charge in [0.15, 0.2) is 0 Å². The summed E-state index contributed by atoms with van der Waals surface area (Å²) in [7, 11) is 0. The van der Waals surface area contributed by atoms with Crippen molar-refractivity contribution < 1.29 is 29.3 Å². The van der Waals surface area contributed by atoms with E-state index in [-0.39, 0.29) is 12.7 Å². The van der Waals surface area contributed by atoms with Crippen LogP contribution in [0.15, 0.2) is 25.3 Å². The van der Waals surface area contributed by atoms with Crippen molar-refractivity contribution in [3.05, 3.63) is 25.3 Å². The Hall–Kier alpha value is -1.74. The Labute approximate surface area is 136 Å². The molecule has 4 atom stereocenters. The molecule has 0 aliphatic heterocycles. The quantitative estimate of drug-likeness (QED) is 0.335. The van der Waals surface area contributed by atoms with E-state index in [0.717, 1.165) is 0 Å². The van der Waals surface area contributed by atoms with E-state index in [0.29, 0.717) is 0 Å². The van der Waals surface area contributed by atoms with Crippen molar-refractivity contribution in [2.24, 2.45) is 11.5 Å². The second kappa shape index (κ2) is 12.8. The van der Waals surface area contributed by atoms with E-state index in [2.05, 4.69) is 17.9 Å². The van der Waals surface area contributed by atoms with Gasteiger partial charge >= 0.3 is 11.9 Å². The molecule has 6 N–H and O–H groups in total. The van der Waals surface area contributed by atoms with Gasteiger partial charge in [-0.05, 0) is 20.8 Å². The van der Waals surface area contributed by atoms with E-state index in [9.17, 15) is 9.59 Å². The Morgan fingerprint density at radius 3 is 1.74 bits per heavy atom. The first-order valence-electron chi connectivity index (χ1n) is 7.11. The molecule has 0 aromatic carbocycles. The molecule has 0 rings (SSSR count). The molecular weight excluding hydrogens is 304 g/mol. The molecule has 0 aromatic heterocycles. The lowest BCUT2D eigenvalue weighted by Crippen LogP contribution is -2.42. The van der Waals surface area contributed by atoms with Gasteiger partial charge in [0.25, 0.3) is 0 Å². The van der Waals surface area contributed by atoms with E-state index in [4.69, 9.17) is 26.4 Å². The third-order valence-corrected chi connectivity index (χ3v) is 2.40. The van der Waals surface area contributed by atoms with Gasteiger partial charge in [0.05, 0.1) is 24.9 Å². The standard InChI is InChI=1S/C8H15NO3.C7H13NO3/c1-4-6(10)7(9)8(11)12-5(2)3;1-3-5(9)6(8)7(10)11-4-2/h4-7,10H,1,9H2,2-3H3;3,5-6,9H,1,4,8H2,2H3/t6-,7-;5-,6-/m11/s1. The number of esters is 2. The van der Waals surface area contributed by atoms with Crippen molar-refractivity contribution >= 4 is 11.9 Å². The molecule has 0 aromatic rings. The Kier molecular flexibility index (Phi) is 13.1. The van der Waals surface area contributed by atoms with Gasteiger partial charge in [0, 0.05) is 0 Å². The summed E-state index contributed by atoms with van der Waals surface area (Å²) in [5, 5.41) is 18.0. The molecule has 0 saturated carbocycles. The van der Waals surface area contributed by atoms with E-state index < -0.39 is 36.2 Å². The molecule has 0 spiro atoms. The summed E-state index contributed by atoms with van der Waals surface area (Å²) >= 11 is 0. The zero-order valence-corrected chi connectivity index (χ0v) is 13.8. The second-order valence-corrected chi connectivity index (χ2v) is 4.74. The van der Waals surface area contributed by atoms with Gasteiger partial charge in [-0.15, -0.1) is 13.2 Å². The fourth-order valence-electron chi connectivity index (χ4n) is 1.12. The summed E-state index contributed by atoms with van der Waals surface area (Å²) in [6.07, 6.45) is 0.0965. The van der Waals surface area contributed by atoms with Crippen LogP contribution < -0.4 is 11.5 Å². The van der Waals surface area contributed by atoms with Crippen LogP contribution in [0.3, 0.4) is 0 Å². The number of nitrogens with two attached hydrogens (primary N) is 2. The molecule has 0 radical (unpaired) electrons. The molecule has 0 fully saturated rings. The summed E-state index contributed by atoms with van der Waals surface area (Å²) < 4.78 is 9.32. The fourth-order valence-corrected chi connectivity index (χ4v) is 1.12. The number of aliphatic hydroxyl groups is 2. The van der Waals surface area contributed by atoms with Gasteiger partial charge in [-0.25, -0.2) is 0 Å². The first-order chi connectivity index (χ1) is 10.6. The zero-order chi connectivity index (χ0) is 18.6. The number of carbonyl (C=O) groups is 2. The normalized spacial score (nSPS) is 15.3. The topological polar surface area (TPSA) is 145 Å². The van der Waals surface area contributed by atoms with Crippen molar-refractivity contribution in [1.82, 2.24) is 0 Å². The molecule has 0 heterocycles. The monoisotopic (exact) mass is 332 g/mol. The van der Waals surface area contributed by atoms with Crippen LogP contribution in [0.2, 0.25) is 0 Å². The van der Waals surface area contributed by atoms with Gasteiger partial charge in [-0.2, -0.15) is 0 Å². The molecule has 0 bridgehead atoms. The van der Waals surface area contributed by atoms with Gasteiger partial charge < -0.3 is 31.2 Å². The van der Waals surface area contributed by atoms with E-state index in [1.165, 1.54) is 12.2 Å². The lowest BCUT2D eigenvalue weighted by Gasteiger charge is -2.15.